The van der Waals surface area contributed by atoms with Crippen LogP contribution in [0.5, 0.6) is 0 Å². The number of aliphatic hydroxyl groups excluding tert-OH is 1. The molecule has 2 aliphatic carbocycles. The molecule has 3 heteroatoms. The van der Waals surface area contributed by atoms with E-state index in [2.05, 4.69) is 17.1 Å². The van der Waals surface area contributed by atoms with Crippen molar-refractivity contribution in [3.05, 3.63) is 0 Å². The summed E-state index contributed by atoms with van der Waals surface area (Å²) in [7, 11) is 0. The second-order valence-corrected chi connectivity index (χ2v) is 7.23. The van der Waals surface area contributed by atoms with Crippen LogP contribution in [-0.4, -0.2) is 46.8 Å². The predicted molar refractivity (Wildman–Crippen MR) is 78.2 cm³/mol. The molecule has 0 amide bonds. The maximum absolute atomic E-state index is 9.97. The average Bonchev–Trinajstić information content (AvgIpc) is 3.20. The minimum atomic E-state index is -0.0169. The van der Waals surface area contributed by atoms with E-state index in [1.165, 1.54) is 51.4 Å². The van der Waals surface area contributed by atoms with Gasteiger partial charge in [0, 0.05) is 24.7 Å². The van der Waals surface area contributed by atoms with E-state index in [0.717, 1.165) is 19.0 Å². The normalized spacial score (nSPS) is 38.5. The van der Waals surface area contributed by atoms with Crippen molar-refractivity contribution in [2.75, 3.05) is 13.2 Å². The van der Waals surface area contributed by atoms with Crippen molar-refractivity contribution < 1.29 is 5.11 Å². The van der Waals surface area contributed by atoms with Crippen LogP contribution in [0.2, 0.25) is 0 Å². The smallest absolute Gasteiger partial charge is 0.0626 e. The lowest BCUT2D eigenvalue weighted by Crippen LogP contribution is -2.54. The molecule has 3 rings (SSSR count). The van der Waals surface area contributed by atoms with Gasteiger partial charge >= 0.3 is 0 Å². The maximum Gasteiger partial charge on any atom is 0.0626 e. The van der Waals surface area contributed by atoms with Gasteiger partial charge in [-0.15, -0.1) is 0 Å². The second-order valence-electron chi connectivity index (χ2n) is 7.23. The van der Waals surface area contributed by atoms with Crippen molar-refractivity contribution in [3.63, 3.8) is 0 Å². The molecule has 2 unspecified atom stereocenters. The molecule has 0 bridgehead atoms. The van der Waals surface area contributed by atoms with Gasteiger partial charge in [-0.1, -0.05) is 25.7 Å². The van der Waals surface area contributed by atoms with Gasteiger partial charge in [-0.25, -0.2) is 0 Å². The van der Waals surface area contributed by atoms with Crippen molar-refractivity contribution in [1.29, 1.82) is 0 Å². The van der Waals surface area contributed by atoms with Crippen LogP contribution >= 0.6 is 0 Å². The van der Waals surface area contributed by atoms with Crippen LogP contribution in [0.25, 0.3) is 0 Å². The van der Waals surface area contributed by atoms with E-state index < -0.39 is 0 Å². The lowest BCUT2D eigenvalue weighted by atomic mass is 9.94. The minimum Gasteiger partial charge on any atom is -0.394 e. The predicted octanol–water partition coefficient (Wildman–Crippen LogP) is 2.29. The Kier molecular flexibility index (Phi) is 4.16. The van der Waals surface area contributed by atoms with Gasteiger partial charge in [0.25, 0.3) is 0 Å². The number of nitrogens with zero attached hydrogens (tertiary/aromatic N) is 1. The zero-order valence-corrected chi connectivity index (χ0v) is 12.4. The summed E-state index contributed by atoms with van der Waals surface area (Å²) in [6, 6.07) is 2.10. The first kappa shape index (κ1) is 13.8. The standard InChI is InChI=1S/C16H30N2O/c1-13-10-16(12-19,11-18(13)15-8-9-15)17-14-6-4-2-3-5-7-14/h13-15,17,19H,2-12H2,1H3. The molecule has 110 valence electrons. The van der Waals surface area contributed by atoms with Crippen LogP contribution in [0.3, 0.4) is 0 Å². The Morgan fingerprint density at radius 1 is 1.11 bits per heavy atom. The highest BCUT2D eigenvalue weighted by Crippen LogP contribution is 2.37. The summed E-state index contributed by atoms with van der Waals surface area (Å²) in [5.41, 5.74) is -0.0169. The van der Waals surface area contributed by atoms with E-state index >= 15 is 0 Å². The minimum absolute atomic E-state index is 0.0169. The molecule has 3 nitrogen and oxygen atoms in total. The first-order valence-electron chi connectivity index (χ1n) is 8.37. The number of hydrogen-bond acceptors (Lipinski definition) is 3. The van der Waals surface area contributed by atoms with E-state index in [4.69, 9.17) is 0 Å². The molecule has 3 aliphatic rings. The maximum atomic E-state index is 9.97. The van der Waals surface area contributed by atoms with Crippen LogP contribution < -0.4 is 5.32 Å². The summed E-state index contributed by atoms with van der Waals surface area (Å²) < 4.78 is 0. The van der Waals surface area contributed by atoms with Crippen molar-refractivity contribution in [2.24, 2.45) is 0 Å². The molecule has 1 heterocycles. The van der Waals surface area contributed by atoms with Crippen molar-refractivity contribution >= 4 is 0 Å². The number of rotatable bonds is 4. The van der Waals surface area contributed by atoms with E-state index in [9.17, 15) is 5.11 Å². The van der Waals surface area contributed by atoms with Gasteiger partial charge in [-0.3, -0.25) is 4.90 Å². The molecule has 0 radical (unpaired) electrons. The third kappa shape index (κ3) is 3.14. The molecule has 0 spiro atoms. The molecule has 0 aromatic carbocycles. The zero-order valence-electron chi connectivity index (χ0n) is 12.4. The van der Waals surface area contributed by atoms with E-state index in [1.807, 2.05) is 0 Å². The van der Waals surface area contributed by atoms with Gasteiger partial charge in [-0.05, 0) is 39.0 Å². The second kappa shape index (κ2) is 5.71. The third-order valence-electron chi connectivity index (χ3n) is 5.42. The van der Waals surface area contributed by atoms with Gasteiger partial charge in [0.1, 0.15) is 0 Å². The van der Waals surface area contributed by atoms with Gasteiger partial charge in [0.05, 0.1) is 12.1 Å². The number of hydrogen-bond donors (Lipinski definition) is 2. The lowest BCUT2D eigenvalue weighted by molar-refractivity contribution is 0.142. The van der Waals surface area contributed by atoms with Gasteiger partial charge in [-0.2, -0.15) is 0 Å². The molecular formula is C16H30N2O. The molecule has 2 N–H and O–H groups in total. The highest BCUT2D eigenvalue weighted by atomic mass is 16.3. The van der Waals surface area contributed by atoms with E-state index in [1.54, 1.807) is 0 Å². The highest BCUT2D eigenvalue weighted by Gasteiger charge is 2.47. The van der Waals surface area contributed by atoms with Crippen molar-refractivity contribution in [2.45, 2.75) is 88.4 Å². The Labute approximate surface area is 117 Å². The van der Waals surface area contributed by atoms with Crippen LogP contribution in [-0.2, 0) is 0 Å². The monoisotopic (exact) mass is 266 g/mol. The first-order chi connectivity index (χ1) is 9.22. The summed E-state index contributed by atoms with van der Waals surface area (Å²) in [5, 5.41) is 13.8. The lowest BCUT2D eigenvalue weighted by Gasteiger charge is -2.33. The summed E-state index contributed by atoms with van der Waals surface area (Å²) in [6.45, 7) is 3.70. The molecule has 2 saturated carbocycles. The van der Waals surface area contributed by atoms with Crippen molar-refractivity contribution in [1.82, 2.24) is 10.2 Å². The third-order valence-corrected chi connectivity index (χ3v) is 5.42. The Bertz CT molecular complexity index is 297. The van der Waals surface area contributed by atoms with Crippen molar-refractivity contribution in [3.8, 4) is 0 Å². The van der Waals surface area contributed by atoms with Gasteiger partial charge in [0.15, 0.2) is 0 Å². The molecular weight excluding hydrogens is 236 g/mol. The number of likely N-dealkylation sites (tertiary alicyclic amines) is 1. The van der Waals surface area contributed by atoms with Gasteiger partial charge < -0.3 is 10.4 Å². The molecule has 3 fully saturated rings. The van der Waals surface area contributed by atoms with Crippen LogP contribution in [0.15, 0.2) is 0 Å². The van der Waals surface area contributed by atoms with E-state index in [0.29, 0.717) is 18.7 Å². The Morgan fingerprint density at radius 2 is 1.79 bits per heavy atom. The summed E-state index contributed by atoms with van der Waals surface area (Å²) >= 11 is 0. The zero-order chi connectivity index (χ0) is 13.3. The molecule has 2 atom stereocenters. The molecule has 0 aromatic heterocycles. The van der Waals surface area contributed by atoms with E-state index in [-0.39, 0.29) is 5.54 Å². The summed E-state index contributed by atoms with van der Waals surface area (Å²) in [5.74, 6) is 0. The largest absolute Gasteiger partial charge is 0.394 e. The summed E-state index contributed by atoms with van der Waals surface area (Å²) in [6.07, 6.45) is 12.0. The first-order valence-corrected chi connectivity index (χ1v) is 8.37. The topological polar surface area (TPSA) is 35.5 Å². The molecule has 1 saturated heterocycles. The van der Waals surface area contributed by atoms with Crippen LogP contribution in [0.1, 0.15) is 64.7 Å². The molecule has 0 aromatic rings. The highest BCUT2D eigenvalue weighted by molar-refractivity contribution is 5.06. The number of aliphatic hydroxyl groups is 1. The van der Waals surface area contributed by atoms with Crippen LogP contribution in [0, 0.1) is 0 Å². The number of nitrogens with one attached hydrogen (secondary N) is 1. The molecule has 1 aliphatic heterocycles. The fourth-order valence-electron chi connectivity index (χ4n) is 4.27. The SMILES string of the molecule is CC1CC(CO)(NC2CCCCCC2)CN1C1CC1. The average molecular weight is 266 g/mol. The Hall–Kier alpha value is -0.120. The van der Waals surface area contributed by atoms with Gasteiger partial charge in [0.2, 0.25) is 0 Å². The summed E-state index contributed by atoms with van der Waals surface area (Å²) in [4.78, 5) is 2.64. The Morgan fingerprint density at radius 3 is 2.37 bits per heavy atom. The fraction of sp³-hybridized carbons (Fsp3) is 1.00. The quantitative estimate of drug-likeness (QED) is 0.766. The van der Waals surface area contributed by atoms with Crippen LogP contribution in [0.4, 0.5) is 0 Å². The Balaban J connectivity index is 1.62. The fourth-order valence-corrected chi connectivity index (χ4v) is 4.27. The molecule has 19 heavy (non-hydrogen) atoms.